The first kappa shape index (κ1) is 14.1. The van der Waals surface area contributed by atoms with Gasteiger partial charge in [-0.05, 0) is 32.4 Å². The minimum atomic E-state index is -0.971. The van der Waals surface area contributed by atoms with Crippen molar-refractivity contribution < 1.29 is 14.6 Å². The number of benzene rings is 1. The minimum Gasteiger partial charge on any atom is -0.493 e. The molecule has 0 bridgehead atoms. The van der Waals surface area contributed by atoms with Gasteiger partial charge in [0.05, 0.1) is 18.6 Å². The van der Waals surface area contributed by atoms with E-state index in [1.165, 1.54) is 0 Å². The summed E-state index contributed by atoms with van der Waals surface area (Å²) < 4.78 is 7.62. The summed E-state index contributed by atoms with van der Waals surface area (Å²) in [5.74, 6) is -0.555. The first-order valence-electron chi connectivity index (χ1n) is 6.53. The van der Waals surface area contributed by atoms with Crippen molar-refractivity contribution in [3.63, 3.8) is 0 Å². The van der Waals surface area contributed by atoms with E-state index in [4.69, 9.17) is 9.84 Å². The molecule has 0 atom stereocenters. The largest absolute Gasteiger partial charge is 0.493 e. The van der Waals surface area contributed by atoms with Crippen molar-refractivity contribution >= 4 is 5.97 Å². The summed E-state index contributed by atoms with van der Waals surface area (Å²) in [6, 6.07) is 6.68. The molecule has 0 fully saturated rings. The second-order valence-corrected chi connectivity index (χ2v) is 4.61. The van der Waals surface area contributed by atoms with E-state index < -0.39 is 5.97 Å². The highest BCUT2D eigenvalue weighted by atomic mass is 16.5. The quantitative estimate of drug-likeness (QED) is 0.822. The molecule has 20 heavy (non-hydrogen) atoms. The van der Waals surface area contributed by atoms with Gasteiger partial charge < -0.3 is 14.4 Å². The summed E-state index contributed by atoms with van der Waals surface area (Å²) in [6.07, 6.45) is 2.61. The number of nitrogens with zero attached hydrogens (tertiary/aromatic N) is 2. The Balaban J connectivity index is 1.88. The maximum absolute atomic E-state index is 11.0. The zero-order valence-corrected chi connectivity index (χ0v) is 11.7. The Morgan fingerprint density at radius 2 is 2.10 bits per heavy atom. The average molecular weight is 274 g/mol. The number of carboxylic acids is 1. The van der Waals surface area contributed by atoms with Crippen molar-refractivity contribution in [3.05, 3.63) is 47.5 Å². The van der Waals surface area contributed by atoms with Crippen LogP contribution in [0.15, 0.2) is 30.6 Å². The molecule has 1 N–H and O–H groups in total. The highest BCUT2D eigenvalue weighted by Crippen LogP contribution is 2.18. The Bertz CT molecular complexity index is 605. The Hall–Kier alpha value is -2.30. The van der Waals surface area contributed by atoms with Gasteiger partial charge in [-0.25, -0.2) is 9.78 Å². The standard InChI is InChI=1S/C15H18N2O3/c1-11-12(2)17(10-16-11)8-5-9-20-14-7-4-3-6-13(14)15(18)19/h3-4,6-7,10H,5,8-9H2,1-2H3,(H,18,19). The Labute approximate surface area is 117 Å². The number of aryl methyl sites for hydroxylation is 2. The molecule has 0 radical (unpaired) electrons. The van der Waals surface area contributed by atoms with Gasteiger partial charge in [-0.1, -0.05) is 12.1 Å². The second-order valence-electron chi connectivity index (χ2n) is 4.61. The lowest BCUT2D eigenvalue weighted by Gasteiger charge is -2.10. The number of carboxylic acid groups (broad SMARTS) is 1. The number of aromatic nitrogens is 2. The number of hydrogen-bond acceptors (Lipinski definition) is 3. The normalized spacial score (nSPS) is 10.5. The first-order valence-corrected chi connectivity index (χ1v) is 6.53. The molecular formula is C15H18N2O3. The summed E-state index contributed by atoms with van der Waals surface area (Å²) in [5, 5.41) is 9.05. The van der Waals surface area contributed by atoms with Crippen LogP contribution in [0.5, 0.6) is 5.75 Å². The second kappa shape index (κ2) is 6.23. The molecule has 106 valence electrons. The van der Waals surface area contributed by atoms with Gasteiger partial charge in [-0.2, -0.15) is 0 Å². The fraction of sp³-hybridized carbons (Fsp3) is 0.333. The van der Waals surface area contributed by atoms with Crippen molar-refractivity contribution in [2.45, 2.75) is 26.8 Å². The third-order valence-corrected chi connectivity index (χ3v) is 3.26. The maximum Gasteiger partial charge on any atom is 0.339 e. The Kier molecular flexibility index (Phi) is 4.40. The van der Waals surface area contributed by atoms with Crippen LogP contribution in [0.25, 0.3) is 0 Å². The van der Waals surface area contributed by atoms with E-state index in [-0.39, 0.29) is 5.56 Å². The molecule has 0 saturated carbocycles. The molecule has 1 aromatic carbocycles. The Morgan fingerprint density at radius 1 is 1.35 bits per heavy atom. The molecule has 2 aromatic rings. The van der Waals surface area contributed by atoms with Gasteiger partial charge in [0.25, 0.3) is 0 Å². The lowest BCUT2D eigenvalue weighted by atomic mass is 10.2. The number of imidazole rings is 1. The monoisotopic (exact) mass is 274 g/mol. The van der Waals surface area contributed by atoms with Crippen LogP contribution in [0.3, 0.4) is 0 Å². The van der Waals surface area contributed by atoms with Gasteiger partial charge >= 0.3 is 5.97 Å². The number of para-hydroxylation sites is 1. The van der Waals surface area contributed by atoms with Crippen LogP contribution in [0, 0.1) is 13.8 Å². The fourth-order valence-electron chi connectivity index (χ4n) is 1.96. The molecule has 0 aliphatic rings. The molecule has 5 heteroatoms. The van der Waals surface area contributed by atoms with Crippen molar-refractivity contribution in [2.75, 3.05) is 6.61 Å². The van der Waals surface area contributed by atoms with Crippen LogP contribution in [0.1, 0.15) is 28.2 Å². The van der Waals surface area contributed by atoms with Crippen LogP contribution in [-0.4, -0.2) is 27.2 Å². The van der Waals surface area contributed by atoms with Gasteiger partial charge in [-0.3, -0.25) is 0 Å². The molecule has 0 unspecified atom stereocenters. The van der Waals surface area contributed by atoms with Crippen LogP contribution in [0.2, 0.25) is 0 Å². The van der Waals surface area contributed by atoms with Gasteiger partial charge in [0.1, 0.15) is 11.3 Å². The molecule has 5 nitrogen and oxygen atoms in total. The fourth-order valence-corrected chi connectivity index (χ4v) is 1.96. The summed E-state index contributed by atoms with van der Waals surface area (Å²) in [7, 11) is 0. The van der Waals surface area contributed by atoms with Crippen LogP contribution in [-0.2, 0) is 6.54 Å². The smallest absolute Gasteiger partial charge is 0.339 e. The topological polar surface area (TPSA) is 64.4 Å². The number of carbonyl (C=O) groups is 1. The Morgan fingerprint density at radius 3 is 2.75 bits per heavy atom. The van der Waals surface area contributed by atoms with E-state index >= 15 is 0 Å². The van der Waals surface area contributed by atoms with Crippen molar-refractivity contribution in [1.29, 1.82) is 0 Å². The molecule has 0 aliphatic carbocycles. The minimum absolute atomic E-state index is 0.196. The molecule has 1 aromatic heterocycles. The number of aromatic carboxylic acids is 1. The van der Waals surface area contributed by atoms with E-state index in [9.17, 15) is 4.79 Å². The summed E-state index contributed by atoms with van der Waals surface area (Å²) >= 11 is 0. The van der Waals surface area contributed by atoms with Gasteiger partial charge in [0, 0.05) is 12.2 Å². The van der Waals surface area contributed by atoms with E-state index in [1.807, 2.05) is 20.2 Å². The third-order valence-electron chi connectivity index (χ3n) is 3.26. The molecule has 0 amide bonds. The van der Waals surface area contributed by atoms with Crippen molar-refractivity contribution in [2.24, 2.45) is 0 Å². The van der Waals surface area contributed by atoms with Gasteiger partial charge in [0.15, 0.2) is 0 Å². The molecule has 1 heterocycles. The zero-order chi connectivity index (χ0) is 14.5. The summed E-state index contributed by atoms with van der Waals surface area (Å²) in [6.45, 7) is 5.29. The SMILES string of the molecule is Cc1ncn(CCCOc2ccccc2C(=O)O)c1C. The molecule has 0 saturated heterocycles. The summed E-state index contributed by atoms with van der Waals surface area (Å²) in [4.78, 5) is 15.3. The van der Waals surface area contributed by atoms with E-state index in [2.05, 4.69) is 9.55 Å². The number of hydrogen-bond donors (Lipinski definition) is 1. The maximum atomic E-state index is 11.0. The van der Waals surface area contributed by atoms with E-state index in [0.717, 1.165) is 24.4 Å². The zero-order valence-electron chi connectivity index (χ0n) is 11.7. The first-order chi connectivity index (χ1) is 9.59. The highest BCUT2D eigenvalue weighted by molar-refractivity contribution is 5.90. The number of rotatable bonds is 6. The lowest BCUT2D eigenvalue weighted by molar-refractivity contribution is 0.0692. The van der Waals surface area contributed by atoms with Gasteiger partial charge in [0.2, 0.25) is 0 Å². The molecule has 0 spiro atoms. The highest BCUT2D eigenvalue weighted by Gasteiger charge is 2.09. The van der Waals surface area contributed by atoms with Crippen molar-refractivity contribution in [1.82, 2.24) is 9.55 Å². The number of ether oxygens (including phenoxy) is 1. The van der Waals surface area contributed by atoms with Crippen LogP contribution >= 0.6 is 0 Å². The average Bonchev–Trinajstić information content (AvgIpc) is 2.75. The third kappa shape index (κ3) is 3.17. The van der Waals surface area contributed by atoms with Gasteiger partial charge in [-0.15, -0.1) is 0 Å². The van der Waals surface area contributed by atoms with E-state index in [0.29, 0.717) is 12.4 Å². The van der Waals surface area contributed by atoms with Crippen molar-refractivity contribution in [3.8, 4) is 5.75 Å². The summed E-state index contributed by atoms with van der Waals surface area (Å²) in [5.41, 5.74) is 2.38. The predicted octanol–water partition coefficient (Wildman–Crippen LogP) is 2.67. The molecule has 2 rings (SSSR count). The molecular weight excluding hydrogens is 256 g/mol. The molecule has 0 aliphatic heterocycles. The predicted molar refractivity (Wildman–Crippen MR) is 75.2 cm³/mol. The van der Waals surface area contributed by atoms with E-state index in [1.54, 1.807) is 24.3 Å². The lowest BCUT2D eigenvalue weighted by Crippen LogP contribution is -2.07. The van der Waals surface area contributed by atoms with Crippen LogP contribution in [0.4, 0.5) is 0 Å². The van der Waals surface area contributed by atoms with Crippen LogP contribution < -0.4 is 4.74 Å².